The number of anilines is 2. The summed E-state index contributed by atoms with van der Waals surface area (Å²) in [5.74, 6) is -1.85. The SMILES string of the molecule is NC(=O)C1CC(C(=O)NCC(=O)N2CCN(c3ccc(Cl)cc3)CC2)=NN1c1ccc(F)cc1. The largest absolute Gasteiger partial charge is 0.368 e. The normalized spacial score (nSPS) is 18.0. The molecule has 34 heavy (non-hydrogen) atoms. The second-order valence-electron chi connectivity index (χ2n) is 8.02. The van der Waals surface area contributed by atoms with Gasteiger partial charge >= 0.3 is 0 Å². The van der Waals surface area contributed by atoms with Crippen LogP contribution in [0.3, 0.4) is 0 Å². The number of primary amides is 1. The summed E-state index contributed by atoms with van der Waals surface area (Å²) in [5.41, 5.74) is 7.02. The second-order valence-corrected chi connectivity index (χ2v) is 8.45. The second kappa shape index (κ2) is 10.1. The van der Waals surface area contributed by atoms with Gasteiger partial charge in [0.2, 0.25) is 11.8 Å². The van der Waals surface area contributed by atoms with Gasteiger partial charge in [-0.1, -0.05) is 11.6 Å². The third kappa shape index (κ3) is 5.28. The molecule has 11 heteroatoms. The van der Waals surface area contributed by atoms with Crippen molar-refractivity contribution in [3.8, 4) is 0 Å². The number of nitrogens with one attached hydrogen (secondary N) is 1. The molecule has 2 heterocycles. The monoisotopic (exact) mass is 486 g/mol. The van der Waals surface area contributed by atoms with Crippen LogP contribution in [0.2, 0.25) is 5.02 Å². The van der Waals surface area contributed by atoms with Crippen LogP contribution in [0.5, 0.6) is 0 Å². The zero-order valence-corrected chi connectivity index (χ0v) is 19.0. The Bertz CT molecular complexity index is 1100. The Kier molecular flexibility index (Phi) is 6.97. The van der Waals surface area contributed by atoms with Gasteiger partial charge in [-0.15, -0.1) is 0 Å². The summed E-state index contributed by atoms with van der Waals surface area (Å²) in [6.45, 7) is 2.21. The Morgan fingerprint density at radius 2 is 1.62 bits per heavy atom. The number of hydrazone groups is 1. The van der Waals surface area contributed by atoms with E-state index in [0.717, 1.165) is 5.69 Å². The number of nitrogens with zero attached hydrogens (tertiary/aromatic N) is 4. The topological polar surface area (TPSA) is 111 Å². The van der Waals surface area contributed by atoms with E-state index in [9.17, 15) is 18.8 Å². The molecule has 3 N–H and O–H groups in total. The zero-order valence-electron chi connectivity index (χ0n) is 18.3. The average Bonchev–Trinajstić information content (AvgIpc) is 3.29. The first-order valence-electron chi connectivity index (χ1n) is 10.8. The minimum atomic E-state index is -0.872. The molecule has 0 bridgehead atoms. The molecule has 1 unspecified atom stereocenters. The molecule has 0 aromatic heterocycles. The number of hydrogen-bond donors (Lipinski definition) is 2. The average molecular weight is 487 g/mol. The van der Waals surface area contributed by atoms with Crippen molar-refractivity contribution < 1.29 is 18.8 Å². The minimum Gasteiger partial charge on any atom is -0.368 e. The van der Waals surface area contributed by atoms with E-state index in [1.54, 1.807) is 4.90 Å². The van der Waals surface area contributed by atoms with Crippen LogP contribution in [0.1, 0.15) is 6.42 Å². The van der Waals surface area contributed by atoms with Gasteiger partial charge in [0.1, 0.15) is 17.6 Å². The minimum absolute atomic E-state index is 0.00744. The Balaban J connectivity index is 1.31. The molecule has 1 fully saturated rings. The fourth-order valence-electron chi connectivity index (χ4n) is 3.94. The van der Waals surface area contributed by atoms with E-state index in [-0.39, 0.29) is 24.6 Å². The summed E-state index contributed by atoms with van der Waals surface area (Å²) >= 11 is 5.94. The number of amides is 3. The first-order chi connectivity index (χ1) is 16.3. The third-order valence-electron chi connectivity index (χ3n) is 5.82. The predicted octanol–water partition coefficient (Wildman–Crippen LogP) is 1.36. The van der Waals surface area contributed by atoms with E-state index in [0.29, 0.717) is 36.9 Å². The number of rotatable bonds is 6. The maximum atomic E-state index is 13.2. The summed E-state index contributed by atoms with van der Waals surface area (Å²) in [4.78, 5) is 41.0. The molecule has 1 saturated heterocycles. The smallest absolute Gasteiger partial charge is 0.268 e. The zero-order chi connectivity index (χ0) is 24.2. The number of carbonyl (C=O) groups is 3. The first kappa shape index (κ1) is 23.5. The highest BCUT2D eigenvalue weighted by Gasteiger charge is 2.35. The summed E-state index contributed by atoms with van der Waals surface area (Å²) < 4.78 is 13.2. The van der Waals surface area contributed by atoms with Crippen LogP contribution in [0.15, 0.2) is 53.6 Å². The number of carbonyl (C=O) groups excluding carboxylic acids is 3. The van der Waals surface area contributed by atoms with Gasteiger partial charge in [0.05, 0.1) is 12.2 Å². The molecular weight excluding hydrogens is 463 g/mol. The standard InChI is InChI=1S/C23H24ClFN6O3/c24-15-1-5-17(6-2-15)29-9-11-30(12-10-29)21(32)14-27-23(34)19-13-20(22(26)33)31(28-19)18-7-3-16(25)4-8-18/h1-8,20H,9-14H2,(H2,26,33)(H,27,34). The van der Waals surface area contributed by atoms with Gasteiger partial charge in [0.15, 0.2) is 0 Å². The Morgan fingerprint density at radius 3 is 2.24 bits per heavy atom. The molecule has 3 amide bonds. The highest BCUT2D eigenvalue weighted by molar-refractivity contribution is 6.40. The van der Waals surface area contributed by atoms with Crippen LogP contribution in [0.25, 0.3) is 0 Å². The lowest BCUT2D eigenvalue weighted by molar-refractivity contribution is -0.132. The van der Waals surface area contributed by atoms with Gasteiger partial charge in [-0.05, 0) is 48.5 Å². The lowest BCUT2D eigenvalue weighted by atomic mass is 10.1. The van der Waals surface area contributed by atoms with Crippen LogP contribution in [-0.2, 0) is 14.4 Å². The van der Waals surface area contributed by atoms with Crippen LogP contribution in [0.4, 0.5) is 15.8 Å². The molecule has 2 aliphatic rings. The van der Waals surface area contributed by atoms with Crippen molar-refractivity contribution in [2.45, 2.75) is 12.5 Å². The predicted molar refractivity (Wildman–Crippen MR) is 127 cm³/mol. The number of hydrogen-bond acceptors (Lipinski definition) is 6. The third-order valence-corrected chi connectivity index (χ3v) is 6.07. The number of benzene rings is 2. The molecule has 9 nitrogen and oxygen atoms in total. The number of halogens is 2. The quantitative estimate of drug-likeness (QED) is 0.640. The van der Waals surface area contributed by atoms with Gasteiger partial charge in [-0.25, -0.2) is 4.39 Å². The van der Waals surface area contributed by atoms with Gasteiger partial charge in [0, 0.05) is 43.3 Å². The van der Waals surface area contributed by atoms with E-state index >= 15 is 0 Å². The van der Waals surface area contributed by atoms with Gasteiger partial charge in [-0.2, -0.15) is 5.10 Å². The number of nitrogens with two attached hydrogens (primary N) is 1. The van der Waals surface area contributed by atoms with E-state index < -0.39 is 23.7 Å². The molecule has 0 saturated carbocycles. The molecule has 0 radical (unpaired) electrons. The fourth-order valence-corrected chi connectivity index (χ4v) is 4.06. The maximum absolute atomic E-state index is 13.2. The van der Waals surface area contributed by atoms with Crippen molar-refractivity contribution in [1.82, 2.24) is 10.2 Å². The van der Waals surface area contributed by atoms with Gasteiger partial charge < -0.3 is 20.9 Å². The fraction of sp³-hybridized carbons (Fsp3) is 0.304. The van der Waals surface area contributed by atoms with Gasteiger partial charge in [0.25, 0.3) is 5.91 Å². The Labute approximate surface area is 200 Å². The summed E-state index contributed by atoms with van der Waals surface area (Å²) in [7, 11) is 0. The van der Waals surface area contributed by atoms with E-state index in [1.807, 2.05) is 24.3 Å². The Morgan fingerprint density at radius 1 is 1.00 bits per heavy atom. The van der Waals surface area contributed by atoms with Crippen LogP contribution >= 0.6 is 11.6 Å². The molecule has 2 aromatic rings. The molecule has 178 valence electrons. The van der Waals surface area contributed by atoms with Crippen molar-refractivity contribution in [2.75, 3.05) is 42.6 Å². The Hall–Kier alpha value is -3.66. The highest BCUT2D eigenvalue weighted by Crippen LogP contribution is 2.25. The molecular formula is C23H24ClFN6O3. The van der Waals surface area contributed by atoms with E-state index in [1.165, 1.54) is 29.3 Å². The number of piperazine rings is 1. The summed E-state index contributed by atoms with van der Waals surface area (Å²) in [5, 5.41) is 8.76. The molecule has 1 atom stereocenters. The van der Waals surface area contributed by atoms with Crippen molar-refractivity contribution in [1.29, 1.82) is 0 Å². The van der Waals surface area contributed by atoms with E-state index in [2.05, 4.69) is 15.3 Å². The van der Waals surface area contributed by atoms with Crippen molar-refractivity contribution in [3.63, 3.8) is 0 Å². The molecule has 2 aliphatic heterocycles. The maximum Gasteiger partial charge on any atom is 0.268 e. The molecule has 4 rings (SSSR count). The lowest BCUT2D eigenvalue weighted by Gasteiger charge is -2.36. The highest BCUT2D eigenvalue weighted by atomic mass is 35.5. The summed E-state index contributed by atoms with van der Waals surface area (Å²) in [6.07, 6.45) is -0.00744. The van der Waals surface area contributed by atoms with E-state index in [4.69, 9.17) is 17.3 Å². The van der Waals surface area contributed by atoms with Crippen LogP contribution in [0, 0.1) is 5.82 Å². The molecule has 0 aliphatic carbocycles. The van der Waals surface area contributed by atoms with Crippen molar-refractivity contribution in [2.24, 2.45) is 10.8 Å². The molecule has 2 aromatic carbocycles. The first-order valence-corrected chi connectivity index (χ1v) is 11.2. The van der Waals surface area contributed by atoms with Crippen LogP contribution < -0.4 is 21.0 Å². The summed E-state index contributed by atoms with van der Waals surface area (Å²) in [6, 6.07) is 12.0. The van der Waals surface area contributed by atoms with Crippen molar-refractivity contribution in [3.05, 3.63) is 59.4 Å². The lowest BCUT2D eigenvalue weighted by Crippen LogP contribution is -2.51. The van der Waals surface area contributed by atoms with Gasteiger partial charge in [-0.3, -0.25) is 19.4 Å². The molecule has 0 spiro atoms. The van der Waals surface area contributed by atoms with Crippen LogP contribution in [-0.4, -0.2) is 67.1 Å². The van der Waals surface area contributed by atoms with Crippen molar-refractivity contribution >= 4 is 46.4 Å².